The second-order valence-corrected chi connectivity index (χ2v) is 4.65. The van der Waals surface area contributed by atoms with Gasteiger partial charge in [0.05, 0.1) is 10.5 Å². The molecule has 20 heavy (non-hydrogen) atoms. The fraction of sp³-hybridized carbons (Fsp3) is 0.182. The summed E-state index contributed by atoms with van der Waals surface area (Å²) in [6, 6.07) is 3.78. The van der Waals surface area contributed by atoms with Gasteiger partial charge in [0.1, 0.15) is 4.47 Å². The van der Waals surface area contributed by atoms with E-state index in [1.807, 2.05) is 0 Å². The Labute approximate surface area is 120 Å². The molecule has 1 aliphatic rings. The van der Waals surface area contributed by atoms with Gasteiger partial charge in [0.25, 0.3) is 17.5 Å². The van der Waals surface area contributed by atoms with Gasteiger partial charge in [0, 0.05) is 18.9 Å². The van der Waals surface area contributed by atoms with Crippen LogP contribution in [0.4, 0.5) is 5.69 Å². The number of nitro groups is 1. The predicted octanol–water partition coefficient (Wildman–Crippen LogP) is 1.58. The molecule has 0 atom stereocenters. The summed E-state index contributed by atoms with van der Waals surface area (Å²) in [5.74, 6) is -2.26. The van der Waals surface area contributed by atoms with Crippen molar-refractivity contribution >= 4 is 39.4 Å². The van der Waals surface area contributed by atoms with Crippen LogP contribution < -0.4 is 0 Å². The molecule has 1 heterocycles. The molecule has 0 aliphatic carbocycles. The predicted molar refractivity (Wildman–Crippen MR) is 67.3 cm³/mol. The average molecular weight is 343 g/mol. The molecule has 2 amide bonds. The van der Waals surface area contributed by atoms with E-state index in [1.54, 1.807) is 0 Å². The fourth-order valence-electron chi connectivity index (χ4n) is 1.61. The molecule has 9 heteroatoms. The van der Waals surface area contributed by atoms with Crippen LogP contribution in [0.1, 0.15) is 23.2 Å². The van der Waals surface area contributed by atoms with E-state index in [0.717, 1.165) is 0 Å². The molecule has 0 aromatic heterocycles. The van der Waals surface area contributed by atoms with Gasteiger partial charge >= 0.3 is 5.97 Å². The highest BCUT2D eigenvalue weighted by Crippen LogP contribution is 2.29. The van der Waals surface area contributed by atoms with Gasteiger partial charge < -0.3 is 4.84 Å². The smallest absolute Gasteiger partial charge is 0.325 e. The molecule has 8 nitrogen and oxygen atoms in total. The van der Waals surface area contributed by atoms with Gasteiger partial charge in [-0.15, -0.1) is 5.06 Å². The van der Waals surface area contributed by atoms with Gasteiger partial charge in [-0.2, -0.15) is 0 Å². The number of carbonyl (C=O) groups excluding carboxylic acids is 3. The van der Waals surface area contributed by atoms with Gasteiger partial charge in [0.15, 0.2) is 0 Å². The number of hydroxylamine groups is 2. The molecule has 2 rings (SSSR count). The Morgan fingerprint density at radius 3 is 2.45 bits per heavy atom. The second kappa shape index (κ2) is 5.37. The van der Waals surface area contributed by atoms with Crippen LogP contribution in [-0.2, 0) is 14.4 Å². The molecule has 0 radical (unpaired) electrons. The summed E-state index contributed by atoms with van der Waals surface area (Å²) in [5.41, 5.74) is -0.467. The zero-order valence-corrected chi connectivity index (χ0v) is 11.5. The largest absolute Gasteiger partial charge is 0.365 e. The SMILES string of the molecule is O=C(ON1C(=O)CCC1=O)c1cccc([N+](=O)[O-])c1Br. The highest BCUT2D eigenvalue weighted by atomic mass is 79.9. The molecular weight excluding hydrogens is 336 g/mol. The quantitative estimate of drug-likeness (QED) is 0.468. The summed E-state index contributed by atoms with van der Waals surface area (Å²) in [6.07, 6.45) is -0.0511. The maximum absolute atomic E-state index is 11.9. The van der Waals surface area contributed by atoms with Crippen LogP contribution >= 0.6 is 15.9 Å². The highest BCUT2D eigenvalue weighted by molar-refractivity contribution is 9.10. The van der Waals surface area contributed by atoms with Crippen molar-refractivity contribution < 1.29 is 24.1 Å². The van der Waals surface area contributed by atoms with Gasteiger partial charge in [-0.1, -0.05) is 6.07 Å². The fourth-order valence-corrected chi connectivity index (χ4v) is 2.18. The first-order valence-corrected chi connectivity index (χ1v) is 6.22. The maximum Gasteiger partial charge on any atom is 0.365 e. The van der Waals surface area contributed by atoms with Crippen LogP contribution in [-0.4, -0.2) is 27.8 Å². The lowest BCUT2D eigenvalue weighted by Gasteiger charge is -2.13. The number of nitrogens with zero attached hydrogens (tertiary/aromatic N) is 2. The minimum atomic E-state index is -1.02. The maximum atomic E-state index is 11.9. The lowest BCUT2D eigenvalue weighted by Crippen LogP contribution is -2.32. The molecule has 0 saturated carbocycles. The van der Waals surface area contributed by atoms with Crippen LogP contribution in [0, 0.1) is 10.1 Å². The lowest BCUT2D eigenvalue weighted by molar-refractivity contribution is -0.385. The number of carbonyl (C=O) groups is 3. The van der Waals surface area contributed by atoms with E-state index < -0.39 is 22.7 Å². The standard InChI is InChI=1S/C11H7BrN2O6/c12-10-6(2-1-3-7(10)14(18)19)11(17)20-13-8(15)4-5-9(13)16/h1-3H,4-5H2. The molecule has 1 aromatic carbocycles. The third-order valence-corrected chi connectivity index (χ3v) is 3.41. The van der Waals surface area contributed by atoms with Crippen molar-refractivity contribution in [1.82, 2.24) is 5.06 Å². The molecule has 1 aromatic rings. The molecule has 0 N–H and O–H groups in total. The second-order valence-electron chi connectivity index (χ2n) is 3.86. The van der Waals surface area contributed by atoms with Crippen LogP contribution in [0.15, 0.2) is 22.7 Å². The minimum Gasteiger partial charge on any atom is -0.325 e. The molecule has 0 unspecified atom stereocenters. The van der Waals surface area contributed by atoms with E-state index in [0.29, 0.717) is 5.06 Å². The number of halogens is 1. The van der Waals surface area contributed by atoms with Crippen LogP contribution in [0.2, 0.25) is 0 Å². The van der Waals surface area contributed by atoms with E-state index in [-0.39, 0.29) is 28.6 Å². The van der Waals surface area contributed by atoms with Gasteiger partial charge in [0.2, 0.25) is 0 Å². The van der Waals surface area contributed by atoms with E-state index >= 15 is 0 Å². The molecule has 1 aliphatic heterocycles. The normalized spacial score (nSPS) is 14.6. The van der Waals surface area contributed by atoms with Crippen LogP contribution in [0.5, 0.6) is 0 Å². The average Bonchev–Trinajstić information content (AvgIpc) is 2.70. The molecule has 0 bridgehead atoms. The van der Waals surface area contributed by atoms with Crippen molar-refractivity contribution in [2.24, 2.45) is 0 Å². The Morgan fingerprint density at radius 2 is 1.90 bits per heavy atom. The van der Waals surface area contributed by atoms with E-state index in [2.05, 4.69) is 20.8 Å². The first-order chi connectivity index (χ1) is 9.41. The third-order valence-electron chi connectivity index (χ3n) is 2.57. The zero-order chi connectivity index (χ0) is 14.9. The number of amides is 2. The van der Waals surface area contributed by atoms with Crippen molar-refractivity contribution in [3.8, 4) is 0 Å². The molecular formula is C11H7BrN2O6. The monoisotopic (exact) mass is 342 g/mol. The molecule has 1 saturated heterocycles. The third kappa shape index (κ3) is 2.52. The van der Waals surface area contributed by atoms with E-state index in [4.69, 9.17) is 0 Å². The lowest BCUT2D eigenvalue weighted by atomic mass is 10.2. The summed E-state index contributed by atoms with van der Waals surface area (Å²) in [4.78, 5) is 49.3. The molecule has 1 fully saturated rings. The Morgan fingerprint density at radius 1 is 1.30 bits per heavy atom. The summed E-state index contributed by atoms with van der Waals surface area (Å²) in [5, 5.41) is 11.1. The molecule has 0 spiro atoms. The summed E-state index contributed by atoms with van der Waals surface area (Å²) in [7, 11) is 0. The van der Waals surface area contributed by atoms with Crippen molar-refractivity contribution in [3.63, 3.8) is 0 Å². The first kappa shape index (κ1) is 14.1. The highest BCUT2D eigenvalue weighted by Gasteiger charge is 2.34. The Kier molecular flexibility index (Phi) is 3.79. The number of hydrogen-bond acceptors (Lipinski definition) is 6. The summed E-state index contributed by atoms with van der Waals surface area (Å²) in [6.45, 7) is 0. The van der Waals surface area contributed by atoms with Gasteiger partial charge in [-0.3, -0.25) is 19.7 Å². The Hall–Kier alpha value is -2.29. The summed E-state index contributed by atoms with van der Waals surface area (Å²) < 4.78 is -0.0749. The minimum absolute atomic E-state index is 0.0256. The van der Waals surface area contributed by atoms with E-state index in [1.165, 1.54) is 18.2 Å². The Bertz CT molecular complexity index is 613. The van der Waals surface area contributed by atoms with Gasteiger partial charge in [-0.05, 0) is 22.0 Å². The van der Waals surface area contributed by atoms with Crippen molar-refractivity contribution in [2.45, 2.75) is 12.8 Å². The number of benzene rings is 1. The first-order valence-electron chi connectivity index (χ1n) is 5.43. The number of rotatable bonds is 3. The topological polar surface area (TPSA) is 107 Å². The van der Waals surface area contributed by atoms with Crippen LogP contribution in [0.3, 0.4) is 0 Å². The van der Waals surface area contributed by atoms with Crippen LogP contribution in [0.25, 0.3) is 0 Å². The zero-order valence-electron chi connectivity index (χ0n) is 9.87. The number of imide groups is 1. The number of nitro benzene ring substituents is 1. The van der Waals surface area contributed by atoms with Gasteiger partial charge in [-0.25, -0.2) is 4.79 Å². The van der Waals surface area contributed by atoms with Crippen molar-refractivity contribution in [2.75, 3.05) is 0 Å². The van der Waals surface area contributed by atoms with Crippen molar-refractivity contribution in [3.05, 3.63) is 38.3 Å². The number of hydrogen-bond donors (Lipinski definition) is 0. The summed E-state index contributed by atoms with van der Waals surface area (Å²) >= 11 is 2.93. The van der Waals surface area contributed by atoms with E-state index in [9.17, 15) is 24.5 Å². The Balaban J connectivity index is 2.26. The van der Waals surface area contributed by atoms with Crippen molar-refractivity contribution in [1.29, 1.82) is 0 Å². The molecule has 104 valence electrons.